The summed E-state index contributed by atoms with van der Waals surface area (Å²) in [4.78, 5) is 11.2. The van der Waals surface area contributed by atoms with Crippen LogP contribution in [-0.2, 0) is 4.79 Å². The summed E-state index contributed by atoms with van der Waals surface area (Å²) in [5, 5.41) is 0.489. The van der Waals surface area contributed by atoms with E-state index in [2.05, 4.69) is 19.9 Å². The summed E-state index contributed by atoms with van der Waals surface area (Å²) in [6.07, 6.45) is 4.08. The molecule has 1 nitrogen and oxygen atoms in total. The lowest BCUT2D eigenvalue weighted by Crippen LogP contribution is -1.96. The van der Waals surface area contributed by atoms with E-state index in [0.717, 1.165) is 10.6 Å². The Morgan fingerprint density at radius 3 is 2.35 bits per heavy atom. The summed E-state index contributed by atoms with van der Waals surface area (Å²) in [7, 11) is 0. The first-order valence-corrected chi connectivity index (χ1v) is 6.31. The molecule has 1 aromatic rings. The van der Waals surface area contributed by atoms with Gasteiger partial charge in [0.2, 0.25) is 5.24 Å². The lowest BCUT2D eigenvalue weighted by atomic mass is 10.1. The standard InChI is InChI=1S/C14H14Cl2O/c1-14(2)11(12(14)13(16)17)8-5-9-3-6-10(15)7-4-9/h3-8,11-12H,1-2H3/b8-5+/t11-,12+/m1/s1. The highest BCUT2D eigenvalue weighted by molar-refractivity contribution is 6.64. The largest absolute Gasteiger partial charge is 0.281 e. The van der Waals surface area contributed by atoms with Crippen molar-refractivity contribution in [3.05, 3.63) is 40.9 Å². The maximum atomic E-state index is 11.2. The first kappa shape index (κ1) is 12.7. The number of rotatable bonds is 3. The van der Waals surface area contributed by atoms with Crippen molar-refractivity contribution < 1.29 is 4.79 Å². The van der Waals surface area contributed by atoms with Crippen LogP contribution in [0, 0.1) is 17.3 Å². The van der Waals surface area contributed by atoms with Gasteiger partial charge in [-0.05, 0) is 40.6 Å². The molecule has 0 spiro atoms. The fourth-order valence-electron chi connectivity index (χ4n) is 2.26. The summed E-state index contributed by atoms with van der Waals surface area (Å²) in [5.41, 5.74) is 1.07. The smallest absolute Gasteiger partial charge is 0.225 e. The Labute approximate surface area is 111 Å². The third kappa shape index (κ3) is 2.56. The van der Waals surface area contributed by atoms with E-state index >= 15 is 0 Å². The van der Waals surface area contributed by atoms with Crippen LogP contribution in [0.4, 0.5) is 0 Å². The number of carbonyl (C=O) groups excluding carboxylic acids is 1. The lowest BCUT2D eigenvalue weighted by molar-refractivity contribution is -0.113. The molecule has 0 saturated heterocycles. The second kappa shape index (κ2) is 4.47. The maximum Gasteiger partial charge on any atom is 0.225 e. The summed E-state index contributed by atoms with van der Waals surface area (Å²) in [5.74, 6) is 0.191. The van der Waals surface area contributed by atoms with Crippen molar-refractivity contribution in [1.29, 1.82) is 0 Å². The van der Waals surface area contributed by atoms with Gasteiger partial charge in [0.05, 0.1) is 0 Å². The Bertz CT molecular complexity index is 460. The number of hydrogen-bond acceptors (Lipinski definition) is 1. The van der Waals surface area contributed by atoms with E-state index in [1.807, 2.05) is 30.3 Å². The third-order valence-corrected chi connectivity index (χ3v) is 4.01. The van der Waals surface area contributed by atoms with Gasteiger partial charge in [-0.2, -0.15) is 0 Å². The van der Waals surface area contributed by atoms with Crippen molar-refractivity contribution in [2.24, 2.45) is 17.3 Å². The highest BCUT2D eigenvalue weighted by Crippen LogP contribution is 2.60. The van der Waals surface area contributed by atoms with Gasteiger partial charge in [0, 0.05) is 10.9 Å². The minimum absolute atomic E-state index is 0.0121. The van der Waals surface area contributed by atoms with E-state index in [9.17, 15) is 4.79 Å². The van der Waals surface area contributed by atoms with Crippen molar-refractivity contribution >= 4 is 34.5 Å². The van der Waals surface area contributed by atoms with Crippen LogP contribution in [0.1, 0.15) is 19.4 Å². The zero-order valence-electron chi connectivity index (χ0n) is 9.78. The second-order valence-corrected chi connectivity index (χ2v) is 5.85. The predicted molar refractivity (Wildman–Crippen MR) is 72.1 cm³/mol. The van der Waals surface area contributed by atoms with Crippen LogP contribution in [0.15, 0.2) is 30.3 Å². The lowest BCUT2D eigenvalue weighted by Gasteiger charge is -1.97. The quantitative estimate of drug-likeness (QED) is 0.744. The Kier molecular flexibility index (Phi) is 3.33. The highest BCUT2D eigenvalue weighted by Gasteiger charge is 2.59. The molecule has 0 unspecified atom stereocenters. The molecule has 0 amide bonds. The van der Waals surface area contributed by atoms with Crippen molar-refractivity contribution in [2.75, 3.05) is 0 Å². The first-order chi connectivity index (χ1) is 7.93. The minimum atomic E-state index is -0.235. The van der Waals surface area contributed by atoms with Crippen molar-refractivity contribution in [3.63, 3.8) is 0 Å². The zero-order valence-corrected chi connectivity index (χ0v) is 11.3. The van der Waals surface area contributed by atoms with Crippen LogP contribution in [0.25, 0.3) is 6.08 Å². The Balaban J connectivity index is 2.08. The summed E-state index contributed by atoms with van der Waals surface area (Å²) >= 11 is 11.4. The van der Waals surface area contributed by atoms with Crippen LogP contribution in [-0.4, -0.2) is 5.24 Å². The second-order valence-electron chi connectivity index (χ2n) is 5.04. The van der Waals surface area contributed by atoms with Crippen LogP contribution in [0.5, 0.6) is 0 Å². The molecule has 1 aliphatic carbocycles. The van der Waals surface area contributed by atoms with Crippen molar-refractivity contribution in [2.45, 2.75) is 13.8 Å². The average Bonchev–Trinajstić information content (AvgIpc) is 2.80. The van der Waals surface area contributed by atoms with Gasteiger partial charge in [-0.1, -0.05) is 49.7 Å². The fourth-order valence-corrected chi connectivity index (χ4v) is 2.80. The molecule has 1 saturated carbocycles. The van der Waals surface area contributed by atoms with Crippen LogP contribution in [0.3, 0.4) is 0 Å². The monoisotopic (exact) mass is 268 g/mol. The van der Waals surface area contributed by atoms with Crippen molar-refractivity contribution in [3.8, 4) is 0 Å². The van der Waals surface area contributed by atoms with Gasteiger partial charge < -0.3 is 0 Å². The van der Waals surface area contributed by atoms with Gasteiger partial charge in [0.25, 0.3) is 0 Å². The zero-order chi connectivity index (χ0) is 12.6. The minimum Gasteiger partial charge on any atom is -0.281 e. The summed E-state index contributed by atoms with van der Waals surface area (Å²) in [6.45, 7) is 4.13. The number of carbonyl (C=O) groups is 1. The summed E-state index contributed by atoms with van der Waals surface area (Å²) < 4.78 is 0. The van der Waals surface area contributed by atoms with Crippen molar-refractivity contribution in [1.82, 2.24) is 0 Å². The van der Waals surface area contributed by atoms with Gasteiger partial charge in [0.1, 0.15) is 0 Å². The topological polar surface area (TPSA) is 17.1 Å². The first-order valence-electron chi connectivity index (χ1n) is 5.56. The van der Waals surface area contributed by atoms with Crippen LogP contribution in [0.2, 0.25) is 5.02 Å². The molecule has 2 rings (SSSR count). The van der Waals surface area contributed by atoms with Crippen LogP contribution >= 0.6 is 23.2 Å². The van der Waals surface area contributed by atoms with Gasteiger partial charge >= 0.3 is 0 Å². The molecule has 0 aliphatic heterocycles. The molecule has 3 heteroatoms. The predicted octanol–water partition coefficient (Wildman–Crippen LogP) is 4.39. The maximum absolute atomic E-state index is 11.2. The highest BCUT2D eigenvalue weighted by atomic mass is 35.5. The van der Waals surface area contributed by atoms with Gasteiger partial charge in [-0.15, -0.1) is 0 Å². The Morgan fingerprint density at radius 2 is 1.88 bits per heavy atom. The number of halogens is 2. The van der Waals surface area contributed by atoms with Crippen LogP contribution < -0.4 is 0 Å². The van der Waals surface area contributed by atoms with Gasteiger partial charge in [0.15, 0.2) is 0 Å². The number of allylic oxidation sites excluding steroid dienone is 1. The SMILES string of the molecule is CC1(C)[C@H](/C=C/c2ccc(Cl)cc2)[C@H]1C(=O)Cl. The Hall–Kier alpha value is -0.790. The molecule has 0 bridgehead atoms. The molecule has 17 heavy (non-hydrogen) atoms. The molecule has 2 atom stereocenters. The summed E-state index contributed by atoms with van der Waals surface area (Å²) in [6, 6.07) is 7.60. The molecular weight excluding hydrogens is 255 g/mol. The van der Waals surface area contributed by atoms with E-state index in [-0.39, 0.29) is 22.5 Å². The van der Waals surface area contributed by atoms with E-state index in [1.54, 1.807) is 0 Å². The molecule has 1 aliphatic rings. The number of hydrogen-bond donors (Lipinski definition) is 0. The molecule has 1 aromatic carbocycles. The molecule has 90 valence electrons. The molecule has 0 aromatic heterocycles. The molecule has 0 radical (unpaired) electrons. The Morgan fingerprint density at radius 1 is 1.29 bits per heavy atom. The average molecular weight is 269 g/mol. The molecule has 1 fully saturated rings. The molecule has 0 N–H and O–H groups in total. The number of benzene rings is 1. The normalized spacial score (nSPS) is 26.1. The van der Waals surface area contributed by atoms with E-state index < -0.39 is 0 Å². The molecular formula is C14H14Cl2O. The third-order valence-electron chi connectivity index (χ3n) is 3.52. The fraction of sp³-hybridized carbons (Fsp3) is 0.357. The van der Waals surface area contributed by atoms with Gasteiger partial charge in [-0.3, -0.25) is 4.79 Å². The van der Waals surface area contributed by atoms with E-state index in [4.69, 9.17) is 23.2 Å². The van der Waals surface area contributed by atoms with E-state index in [1.165, 1.54) is 0 Å². The van der Waals surface area contributed by atoms with E-state index in [0.29, 0.717) is 0 Å². The van der Waals surface area contributed by atoms with Gasteiger partial charge in [-0.25, -0.2) is 0 Å². The molecule has 0 heterocycles.